The van der Waals surface area contributed by atoms with Crippen molar-refractivity contribution in [2.45, 2.75) is 32.5 Å². The van der Waals surface area contributed by atoms with Gasteiger partial charge in [-0.25, -0.2) is 0 Å². The van der Waals surface area contributed by atoms with Crippen LogP contribution in [0.3, 0.4) is 0 Å². The van der Waals surface area contributed by atoms with Gasteiger partial charge < -0.3 is 10.2 Å². The maximum Gasteiger partial charge on any atom is 0.236 e. The molecule has 0 bridgehead atoms. The highest BCUT2D eigenvalue weighted by Crippen LogP contribution is 2.10. The molecule has 0 aromatic carbocycles. The molecule has 2 atom stereocenters. The Bertz CT molecular complexity index is 538. The molecule has 0 aliphatic rings. The third-order valence-corrected chi connectivity index (χ3v) is 4.40. The Morgan fingerprint density at radius 1 is 1.52 bits per heavy atom. The molecule has 21 heavy (non-hydrogen) atoms. The van der Waals surface area contributed by atoms with Crippen LogP contribution >= 0.6 is 11.3 Å². The predicted molar refractivity (Wildman–Crippen MR) is 85.2 cm³/mol. The summed E-state index contributed by atoms with van der Waals surface area (Å²) in [6, 6.07) is 4.33. The first-order chi connectivity index (χ1) is 10.1. The number of aromatic nitrogens is 2. The summed E-state index contributed by atoms with van der Waals surface area (Å²) in [5, 5.41) is 11.6. The summed E-state index contributed by atoms with van der Waals surface area (Å²) in [5.74, 6) is 0.0979. The number of hydrogen-bond acceptors (Lipinski definition) is 4. The van der Waals surface area contributed by atoms with Crippen LogP contribution in [0.4, 0.5) is 0 Å². The zero-order valence-electron chi connectivity index (χ0n) is 12.7. The van der Waals surface area contributed by atoms with Crippen LogP contribution in [0.25, 0.3) is 0 Å². The molecular formula is C15H22N4OS. The average molecular weight is 306 g/mol. The number of amides is 1. The summed E-state index contributed by atoms with van der Waals surface area (Å²) < 4.78 is 1.90. The van der Waals surface area contributed by atoms with Crippen LogP contribution in [0.5, 0.6) is 0 Å². The van der Waals surface area contributed by atoms with Crippen LogP contribution in [0, 0.1) is 0 Å². The van der Waals surface area contributed by atoms with Crippen molar-refractivity contribution in [1.29, 1.82) is 0 Å². The summed E-state index contributed by atoms with van der Waals surface area (Å²) in [6.45, 7) is 5.16. The fraction of sp³-hybridized carbons (Fsp3) is 0.467. The monoisotopic (exact) mass is 306 g/mol. The van der Waals surface area contributed by atoms with Gasteiger partial charge in [-0.2, -0.15) is 16.4 Å². The number of rotatable bonds is 7. The minimum absolute atomic E-state index is 0.0979. The molecule has 0 radical (unpaired) electrons. The van der Waals surface area contributed by atoms with Gasteiger partial charge in [0.25, 0.3) is 0 Å². The second-order valence-corrected chi connectivity index (χ2v) is 6.06. The van der Waals surface area contributed by atoms with Crippen LogP contribution in [-0.4, -0.2) is 40.2 Å². The summed E-state index contributed by atoms with van der Waals surface area (Å²) in [4.78, 5) is 13.9. The Kier molecular flexibility index (Phi) is 5.52. The molecule has 0 aliphatic heterocycles. The lowest BCUT2D eigenvalue weighted by atomic mass is 10.2. The van der Waals surface area contributed by atoms with Crippen LogP contribution < -0.4 is 5.32 Å². The Labute approximate surface area is 129 Å². The summed E-state index contributed by atoms with van der Waals surface area (Å²) in [6.07, 6.45) is 3.70. The minimum atomic E-state index is 0.0979. The standard InChI is InChI=1S/C15H22N4OS/c1-12(13(2)19-7-4-6-17-19)16-9-15(20)18(3)10-14-5-8-21-11-14/h4-8,11-13,16H,9-10H2,1-3H3/t12-,13+/m0/s1. The molecule has 114 valence electrons. The quantitative estimate of drug-likeness (QED) is 0.852. The Morgan fingerprint density at radius 3 is 2.95 bits per heavy atom. The molecular weight excluding hydrogens is 284 g/mol. The average Bonchev–Trinajstić information content (AvgIpc) is 3.16. The molecule has 1 N–H and O–H groups in total. The third-order valence-electron chi connectivity index (χ3n) is 3.67. The summed E-state index contributed by atoms with van der Waals surface area (Å²) in [7, 11) is 1.84. The van der Waals surface area contributed by atoms with Gasteiger partial charge >= 0.3 is 0 Å². The van der Waals surface area contributed by atoms with Gasteiger partial charge in [-0.1, -0.05) is 0 Å². The van der Waals surface area contributed by atoms with Crippen LogP contribution in [-0.2, 0) is 11.3 Å². The number of nitrogens with zero attached hydrogens (tertiary/aromatic N) is 3. The van der Waals surface area contributed by atoms with Gasteiger partial charge in [0.2, 0.25) is 5.91 Å². The zero-order chi connectivity index (χ0) is 15.2. The highest BCUT2D eigenvalue weighted by Gasteiger charge is 2.16. The zero-order valence-corrected chi connectivity index (χ0v) is 13.5. The third kappa shape index (κ3) is 4.41. The fourth-order valence-electron chi connectivity index (χ4n) is 2.05. The van der Waals surface area contributed by atoms with E-state index in [0.29, 0.717) is 13.1 Å². The lowest BCUT2D eigenvalue weighted by Gasteiger charge is -2.23. The molecule has 2 rings (SSSR count). The maximum atomic E-state index is 12.1. The van der Waals surface area contributed by atoms with Crippen molar-refractivity contribution in [2.24, 2.45) is 0 Å². The van der Waals surface area contributed by atoms with E-state index in [1.54, 1.807) is 22.4 Å². The van der Waals surface area contributed by atoms with E-state index < -0.39 is 0 Å². The molecule has 1 amide bonds. The Balaban J connectivity index is 1.77. The molecule has 0 aliphatic carbocycles. The van der Waals surface area contributed by atoms with E-state index >= 15 is 0 Å². The van der Waals surface area contributed by atoms with Gasteiger partial charge in [-0.15, -0.1) is 0 Å². The van der Waals surface area contributed by atoms with Gasteiger partial charge in [-0.3, -0.25) is 9.48 Å². The second-order valence-electron chi connectivity index (χ2n) is 5.28. The highest BCUT2D eigenvalue weighted by atomic mass is 32.1. The topological polar surface area (TPSA) is 50.2 Å². The molecule has 6 heteroatoms. The first-order valence-corrected chi connectivity index (χ1v) is 7.99. The van der Waals surface area contributed by atoms with E-state index in [4.69, 9.17) is 0 Å². The Morgan fingerprint density at radius 2 is 2.33 bits per heavy atom. The van der Waals surface area contributed by atoms with Crippen molar-refractivity contribution >= 4 is 17.2 Å². The van der Waals surface area contributed by atoms with Gasteiger partial charge in [0, 0.05) is 32.0 Å². The number of nitrogens with one attached hydrogen (secondary N) is 1. The SMILES string of the molecule is C[C@H](NCC(=O)N(C)Cc1ccsc1)[C@@H](C)n1cccn1. The van der Waals surface area contributed by atoms with Crippen molar-refractivity contribution in [3.8, 4) is 0 Å². The van der Waals surface area contributed by atoms with E-state index in [-0.39, 0.29) is 18.0 Å². The van der Waals surface area contributed by atoms with E-state index in [0.717, 1.165) is 0 Å². The van der Waals surface area contributed by atoms with Gasteiger partial charge in [-0.05, 0) is 42.3 Å². The largest absolute Gasteiger partial charge is 0.340 e. The minimum Gasteiger partial charge on any atom is -0.340 e. The van der Waals surface area contributed by atoms with Crippen LogP contribution in [0.15, 0.2) is 35.3 Å². The van der Waals surface area contributed by atoms with Crippen molar-refractivity contribution in [3.05, 3.63) is 40.8 Å². The Hall–Kier alpha value is -1.66. The van der Waals surface area contributed by atoms with Crippen molar-refractivity contribution in [2.75, 3.05) is 13.6 Å². The van der Waals surface area contributed by atoms with Crippen LogP contribution in [0.1, 0.15) is 25.5 Å². The van der Waals surface area contributed by atoms with Crippen molar-refractivity contribution in [3.63, 3.8) is 0 Å². The van der Waals surface area contributed by atoms with E-state index in [2.05, 4.69) is 29.6 Å². The molecule has 0 unspecified atom stereocenters. The molecule has 0 saturated carbocycles. The molecule has 2 aromatic heterocycles. The molecule has 0 fully saturated rings. The first kappa shape index (κ1) is 15.7. The predicted octanol–water partition coefficient (Wildman–Crippen LogP) is 2.14. The molecule has 5 nitrogen and oxygen atoms in total. The fourth-order valence-corrected chi connectivity index (χ4v) is 2.71. The first-order valence-electron chi connectivity index (χ1n) is 7.05. The van der Waals surface area contributed by atoms with E-state index in [9.17, 15) is 4.79 Å². The molecule has 2 heterocycles. The van der Waals surface area contributed by atoms with Gasteiger partial charge in [0.15, 0.2) is 0 Å². The number of likely N-dealkylation sites (N-methyl/N-ethyl adjacent to an activating group) is 1. The van der Waals surface area contributed by atoms with Crippen LogP contribution in [0.2, 0.25) is 0 Å². The highest BCUT2D eigenvalue weighted by molar-refractivity contribution is 7.07. The lowest BCUT2D eigenvalue weighted by molar-refractivity contribution is -0.129. The summed E-state index contributed by atoms with van der Waals surface area (Å²) in [5.41, 5.74) is 1.17. The summed E-state index contributed by atoms with van der Waals surface area (Å²) >= 11 is 1.65. The molecule has 0 saturated heterocycles. The normalized spacial score (nSPS) is 13.9. The van der Waals surface area contributed by atoms with E-state index in [1.165, 1.54) is 5.56 Å². The van der Waals surface area contributed by atoms with Crippen molar-refractivity contribution in [1.82, 2.24) is 20.0 Å². The number of carbonyl (C=O) groups is 1. The lowest BCUT2D eigenvalue weighted by Crippen LogP contribution is -2.41. The number of carbonyl (C=O) groups excluding carboxylic acids is 1. The molecule has 2 aromatic rings. The second kappa shape index (κ2) is 7.38. The van der Waals surface area contributed by atoms with Gasteiger partial charge in [0.1, 0.15) is 0 Å². The number of thiophene rings is 1. The molecule has 0 spiro atoms. The van der Waals surface area contributed by atoms with Crippen molar-refractivity contribution < 1.29 is 4.79 Å². The maximum absolute atomic E-state index is 12.1. The van der Waals surface area contributed by atoms with Gasteiger partial charge in [0.05, 0.1) is 12.6 Å². The van der Waals surface area contributed by atoms with E-state index in [1.807, 2.05) is 35.4 Å². The smallest absolute Gasteiger partial charge is 0.236 e. The number of hydrogen-bond donors (Lipinski definition) is 1.